The molecular formula is C10H13N5S. The van der Waals surface area contributed by atoms with Crippen LogP contribution in [-0.4, -0.2) is 15.0 Å². The van der Waals surface area contributed by atoms with Crippen molar-refractivity contribution in [2.75, 3.05) is 11.1 Å². The van der Waals surface area contributed by atoms with Gasteiger partial charge in [-0.05, 0) is 20.8 Å². The van der Waals surface area contributed by atoms with Gasteiger partial charge in [0.1, 0.15) is 5.82 Å². The van der Waals surface area contributed by atoms with Crippen molar-refractivity contribution in [3.05, 3.63) is 22.3 Å². The van der Waals surface area contributed by atoms with Crippen LogP contribution < -0.4 is 11.1 Å². The third-order valence-electron chi connectivity index (χ3n) is 2.14. The van der Waals surface area contributed by atoms with Gasteiger partial charge in [-0.3, -0.25) is 0 Å². The van der Waals surface area contributed by atoms with Crippen molar-refractivity contribution in [2.24, 2.45) is 0 Å². The first-order valence-corrected chi connectivity index (χ1v) is 5.68. The van der Waals surface area contributed by atoms with Crippen LogP contribution in [0.4, 0.5) is 16.9 Å². The SMILES string of the molecule is Cc1cc(Nc2nc(C)c(C)s2)nc(N)n1. The average molecular weight is 235 g/mol. The van der Waals surface area contributed by atoms with Crippen molar-refractivity contribution >= 4 is 28.2 Å². The summed E-state index contributed by atoms with van der Waals surface area (Å²) in [5, 5.41) is 3.95. The third kappa shape index (κ3) is 2.27. The number of rotatable bonds is 2. The van der Waals surface area contributed by atoms with E-state index in [-0.39, 0.29) is 5.95 Å². The van der Waals surface area contributed by atoms with Gasteiger partial charge in [-0.1, -0.05) is 0 Å². The summed E-state index contributed by atoms with van der Waals surface area (Å²) in [6.45, 7) is 5.90. The van der Waals surface area contributed by atoms with Crippen LogP contribution in [0.15, 0.2) is 6.07 Å². The lowest BCUT2D eigenvalue weighted by molar-refractivity contribution is 1.12. The molecule has 0 unspecified atom stereocenters. The Labute approximate surface area is 97.8 Å². The Balaban J connectivity index is 2.26. The highest BCUT2D eigenvalue weighted by atomic mass is 32.1. The number of nitrogens with two attached hydrogens (primary N) is 1. The number of nitrogens with zero attached hydrogens (tertiary/aromatic N) is 3. The van der Waals surface area contributed by atoms with Crippen molar-refractivity contribution in [1.82, 2.24) is 15.0 Å². The zero-order valence-corrected chi connectivity index (χ0v) is 10.2. The highest BCUT2D eigenvalue weighted by Crippen LogP contribution is 2.24. The van der Waals surface area contributed by atoms with Gasteiger partial charge in [-0.15, -0.1) is 11.3 Å². The predicted octanol–water partition coefficient (Wildman–Crippen LogP) is 2.18. The summed E-state index contributed by atoms with van der Waals surface area (Å²) in [5.41, 5.74) is 7.44. The third-order valence-corrected chi connectivity index (χ3v) is 3.12. The Morgan fingerprint density at radius 1 is 1.19 bits per heavy atom. The first-order chi connectivity index (χ1) is 7.54. The van der Waals surface area contributed by atoms with Crippen molar-refractivity contribution in [2.45, 2.75) is 20.8 Å². The lowest BCUT2D eigenvalue weighted by atomic mass is 10.4. The van der Waals surface area contributed by atoms with E-state index in [0.717, 1.165) is 16.5 Å². The molecule has 84 valence electrons. The van der Waals surface area contributed by atoms with E-state index in [0.29, 0.717) is 5.82 Å². The maximum atomic E-state index is 5.57. The molecule has 6 heteroatoms. The molecule has 0 bridgehead atoms. The summed E-state index contributed by atoms with van der Waals surface area (Å²) in [7, 11) is 0. The molecule has 0 radical (unpaired) electrons. The van der Waals surface area contributed by atoms with Crippen molar-refractivity contribution in [1.29, 1.82) is 0 Å². The molecule has 0 atom stereocenters. The number of nitrogen functional groups attached to an aromatic ring is 1. The molecular weight excluding hydrogens is 222 g/mol. The standard InChI is InChI=1S/C10H13N5S/c1-5-4-8(14-9(11)12-5)15-10-13-6(2)7(3)16-10/h4H,1-3H3,(H3,11,12,13,14,15). The molecule has 0 aliphatic carbocycles. The number of hydrogen-bond acceptors (Lipinski definition) is 6. The van der Waals surface area contributed by atoms with E-state index in [2.05, 4.69) is 20.3 Å². The van der Waals surface area contributed by atoms with E-state index in [1.54, 1.807) is 11.3 Å². The molecule has 0 saturated carbocycles. The second-order valence-corrected chi connectivity index (χ2v) is 4.74. The number of aryl methyl sites for hydroxylation is 3. The minimum Gasteiger partial charge on any atom is -0.368 e. The lowest BCUT2D eigenvalue weighted by Crippen LogP contribution is -2.01. The van der Waals surface area contributed by atoms with E-state index in [4.69, 9.17) is 5.73 Å². The molecule has 5 nitrogen and oxygen atoms in total. The molecule has 0 aromatic carbocycles. The normalized spacial score (nSPS) is 10.4. The largest absolute Gasteiger partial charge is 0.368 e. The summed E-state index contributed by atoms with van der Waals surface area (Å²) in [6, 6.07) is 1.84. The number of thiazole rings is 1. The maximum Gasteiger partial charge on any atom is 0.222 e. The van der Waals surface area contributed by atoms with Gasteiger partial charge in [-0.25, -0.2) is 9.97 Å². The van der Waals surface area contributed by atoms with Crippen molar-refractivity contribution in [3.8, 4) is 0 Å². The highest BCUT2D eigenvalue weighted by Gasteiger charge is 2.05. The molecule has 0 aliphatic heterocycles. The minimum absolute atomic E-state index is 0.271. The molecule has 2 aromatic heterocycles. The highest BCUT2D eigenvalue weighted by molar-refractivity contribution is 7.15. The summed E-state index contributed by atoms with van der Waals surface area (Å²) in [4.78, 5) is 13.7. The summed E-state index contributed by atoms with van der Waals surface area (Å²) < 4.78 is 0. The van der Waals surface area contributed by atoms with Crippen LogP contribution in [0.2, 0.25) is 0 Å². The maximum absolute atomic E-state index is 5.57. The van der Waals surface area contributed by atoms with E-state index >= 15 is 0 Å². The fourth-order valence-corrected chi connectivity index (χ4v) is 2.11. The van der Waals surface area contributed by atoms with E-state index in [9.17, 15) is 0 Å². The van der Waals surface area contributed by atoms with Crippen LogP contribution >= 0.6 is 11.3 Å². The molecule has 2 rings (SSSR count). The zero-order chi connectivity index (χ0) is 11.7. The quantitative estimate of drug-likeness (QED) is 0.834. The Morgan fingerprint density at radius 3 is 2.50 bits per heavy atom. The van der Waals surface area contributed by atoms with Crippen LogP contribution in [-0.2, 0) is 0 Å². The fourth-order valence-electron chi connectivity index (χ4n) is 1.29. The van der Waals surface area contributed by atoms with Crippen LogP contribution in [0.3, 0.4) is 0 Å². The van der Waals surface area contributed by atoms with Crippen molar-refractivity contribution < 1.29 is 0 Å². The van der Waals surface area contributed by atoms with Gasteiger partial charge >= 0.3 is 0 Å². The Kier molecular flexibility index (Phi) is 2.74. The van der Waals surface area contributed by atoms with Gasteiger partial charge in [0.15, 0.2) is 5.13 Å². The average Bonchev–Trinajstić information content (AvgIpc) is 2.43. The first-order valence-electron chi connectivity index (χ1n) is 4.87. The van der Waals surface area contributed by atoms with E-state index in [1.807, 2.05) is 26.8 Å². The van der Waals surface area contributed by atoms with Crippen LogP contribution in [0.5, 0.6) is 0 Å². The summed E-state index contributed by atoms with van der Waals surface area (Å²) in [6.07, 6.45) is 0. The van der Waals surface area contributed by atoms with Gasteiger partial charge in [0.05, 0.1) is 5.69 Å². The summed E-state index contributed by atoms with van der Waals surface area (Å²) >= 11 is 1.60. The second-order valence-electron chi connectivity index (χ2n) is 3.54. The molecule has 3 N–H and O–H groups in total. The topological polar surface area (TPSA) is 76.7 Å². The molecule has 0 amide bonds. The molecule has 0 fully saturated rings. The van der Waals surface area contributed by atoms with Gasteiger partial charge in [0.2, 0.25) is 5.95 Å². The number of aromatic nitrogens is 3. The zero-order valence-electron chi connectivity index (χ0n) is 9.40. The summed E-state index contributed by atoms with van der Waals surface area (Å²) in [5.74, 6) is 0.950. The van der Waals surface area contributed by atoms with E-state index < -0.39 is 0 Å². The molecule has 2 aromatic rings. The van der Waals surface area contributed by atoms with Gasteiger partial charge < -0.3 is 11.1 Å². The molecule has 16 heavy (non-hydrogen) atoms. The fraction of sp³-hybridized carbons (Fsp3) is 0.300. The smallest absolute Gasteiger partial charge is 0.222 e. The van der Waals surface area contributed by atoms with Gasteiger partial charge in [0.25, 0.3) is 0 Å². The first kappa shape index (κ1) is 10.8. The Morgan fingerprint density at radius 2 is 1.94 bits per heavy atom. The van der Waals surface area contributed by atoms with E-state index in [1.165, 1.54) is 4.88 Å². The minimum atomic E-state index is 0.271. The van der Waals surface area contributed by atoms with Gasteiger partial charge in [-0.2, -0.15) is 4.98 Å². The number of anilines is 3. The number of hydrogen-bond donors (Lipinski definition) is 2. The van der Waals surface area contributed by atoms with Crippen molar-refractivity contribution in [3.63, 3.8) is 0 Å². The lowest BCUT2D eigenvalue weighted by Gasteiger charge is -2.03. The Hall–Kier alpha value is -1.69. The molecule has 0 spiro atoms. The molecule has 0 saturated heterocycles. The monoisotopic (exact) mass is 235 g/mol. The predicted molar refractivity (Wildman–Crippen MR) is 66.1 cm³/mol. The van der Waals surface area contributed by atoms with Crippen LogP contribution in [0, 0.1) is 20.8 Å². The second kappa shape index (κ2) is 4.05. The molecule has 0 aliphatic rings. The van der Waals surface area contributed by atoms with Gasteiger partial charge in [0, 0.05) is 16.6 Å². The Bertz CT molecular complexity index is 480. The van der Waals surface area contributed by atoms with Crippen LogP contribution in [0.25, 0.3) is 0 Å². The number of nitrogens with one attached hydrogen (secondary N) is 1. The molecule has 2 heterocycles. The van der Waals surface area contributed by atoms with Crippen LogP contribution in [0.1, 0.15) is 16.3 Å².